The lowest BCUT2D eigenvalue weighted by atomic mass is 10.2. The molecule has 0 spiro atoms. The number of rotatable bonds is 5. The zero-order chi connectivity index (χ0) is 15.5. The average Bonchev–Trinajstić information content (AvgIpc) is 2.27. The van der Waals surface area contributed by atoms with Crippen LogP contribution in [0.1, 0.15) is 17.8 Å². The van der Waals surface area contributed by atoms with E-state index in [1.165, 1.54) is 0 Å². The van der Waals surface area contributed by atoms with E-state index in [-0.39, 0.29) is 0 Å². The van der Waals surface area contributed by atoms with Crippen LogP contribution in [-0.2, 0) is 11.2 Å². The SMILES string of the molecule is COc1cc(OC(F)(F)F)c(CC(=O)O)nc1C(F)F. The van der Waals surface area contributed by atoms with Gasteiger partial charge in [-0.1, -0.05) is 0 Å². The Bertz CT molecular complexity index is 503. The molecule has 20 heavy (non-hydrogen) atoms. The van der Waals surface area contributed by atoms with Gasteiger partial charge >= 0.3 is 12.3 Å². The molecule has 112 valence electrons. The van der Waals surface area contributed by atoms with E-state index in [4.69, 9.17) is 5.11 Å². The molecule has 0 aromatic carbocycles. The Morgan fingerprint density at radius 2 is 2.00 bits per heavy atom. The van der Waals surface area contributed by atoms with Crippen LogP contribution in [0.4, 0.5) is 22.0 Å². The number of carboxylic acid groups (broad SMARTS) is 1. The van der Waals surface area contributed by atoms with E-state index in [1.54, 1.807) is 0 Å². The van der Waals surface area contributed by atoms with Crippen LogP contribution < -0.4 is 9.47 Å². The Morgan fingerprint density at radius 3 is 2.40 bits per heavy atom. The molecule has 0 saturated carbocycles. The number of methoxy groups -OCH3 is 1. The van der Waals surface area contributed by atoms with Crippen LogP contribution in [0.15, 0.2) is 6.07 Å². The lowest BCUT2D eigenvalue weighted by molar-refractivity contribution is -0.275. The van der Waals surface area contributed by atoms with Gasteiger partial charge in [0.05, 0.1) is 19.2 Å². The van der Waals surface area contributed by atoms with Crippen molar-refractivity contribution >= 4 is 5.97 Å². The third kappa shape index (κ3) is 4.21. The summed E-state index contributed by atoms with van der Waals surface area (Å²) >= 11 is 0. The lowest BCUT2D eigenvalue weighted by Gasteiger charge is -2.15. The first-order chi connectivity index (χ1) is 9.14. The first-order valence-electron chi connectivity index (χ1n) is 4.97. The van der Waals surface area contributed by atoms with Crippen LogP contribution in [0.5, 0.6) is 11.5 Å². The maximum Gasteiger partial charge on any atom is 0.573 e. The highest BCUT2D eigenvalue weighted by Crippen LogP contribution is 2.35. The molecule has 0 aliphatic heterocycles. The van der Waals surface area contributed by atoms with Gasteiger partial charge in [-0.2, -0.15) is 0 Å². The minimum atomic E-state index is -5.12. The summed E-state index contributed by atoms with van der Waals surface area (Å²) in [7, 11) is 0.955. The highest BCUT2D eigenvalue weighted by Gasteiger charge is 2.34. The molecule has 0 unspecified atom stereocenters. The van der Waals surface area contributed by atoms with Crippen LogP contribution in [-0.4, -0.2) is 29.5 Å². The van der Waals surface area contributed by atoms with Crippen molar-refractivity contribution in [3.63, 3.8) is 0 Å². The van der Waals surface area contributed by atoms with Crippen LogP contribution in [0.3, 0.4) is 0 Å². The number of hydrogen-bond donors (Lipinski definition) is 1. The number of nitrogens with zero attached hydrogens (tertiary/aromatic N) is 1. The summed E-state index contributed by atoms with van der Waals surface area (Å²) in [5.74, 6) is -3.18. The highest BCUT2D eigenvalue weighted by atomic mass is 19.4. The summed E-state index contributed by atoms with van der Waals surface area (Å²) in [5, 5.41) is 8.55. The standard InChI is InChI=1S/C10H8F5NO4/c1-19-6-3-5(20-10(13,14)15)4(2-7(17)18)16-8(6)9(11)12/h3,9H,2H2,1H3,(H,17,18). The Hall–Kier alpha value is -2.13. The first kappa shape index (κ1) is 15.9. The van der Waals surface area contributed by atoms with E-state index >= 15 is 0 Å². The Balaban J connectivity index is 3.35. The van der Waals surface area contributed by atoms with E-state index in [9.17, 15) is 26.7 Å². The van der Waals surface area contributed by atoms with Gasteiger partial charge < -0.3 is 14.6 Å². The van der Waals surface area contributed by atoms with Crippen LogP contribution in [0.2, 0.25) is 0 Å². The van der Waals surface area contributed by atoms with Crippen LogP contribution in [0, 0.1) is 0 Å². The van der Waals surface area contributed by atoms with Crippen LogP contribution >= 0.6 is 0 Å². The lowest BCUT2D eigenvalue weighted by Crippen LogP contribution is -2.20. The Kier molecular flexibility index (Phi) is 4.69. The average molecular weight is 301 g/mol. The Labute approximate surface area is 108 Å². The second-order valence-corrected chi connectivity index (χ2v) is 3.44. The number of aromatic nitrogens is 1. The van der Waals surface area contributed by atoms with Gasteiger partial charge in [-0.15, -0.1) is 13.2 Å². The molecule has 1 rings (SSSR count). The predicted octanol–water partition coefficient (Wildman–Crippen LogP) is 2.55. The Morgan fingerprint density at radius 1 is 1.40 bits per heavy atom. The van der Waals surface area contributed by atoms with E-state index in [2.05, 4.69) is 14.5 Å². The van der Waals surface area contributed by atoms with Crippen molar-refractivity contribution in [2.75, 3.05) is 7.11 Å². The molecule has 0 bridgehead atoms. The zero-order valence-corrected chi connectivity index (χ0v) is 9.87. The molecule has 0 aliphatic carbocycles. The molecule has 1 N–H and O–H groups in total. The molecular formula is C10H8F5NO4. The summed E-state index contributed by atoms with van der Waals surface area (Å²) in [6, 6.07) is 0.528. The fourth-order valence-electron chi connectivity index (χ4n) is 1.33. The van der Waals surface area contributed by atoms with Crippen molar-refractivity contribution in [3.05, 3.63) is 17.5 Å². The van der Waals surface area contributed by atoms with Gasteiger partial charge in [0.15, 0.2) is 5.75 Å². The van der Waals surface area contributed by atoms with Crippen molar-refractivity contribution in [3.8, 4) is 11.5 Å². The fraction of sp³-hybridized carbons (Fsp3) is 0.400. The number of carboxylic acids is 1. The number of aliphatic carboxylic acids is 1. The summed E-state index contributed by atoms with van der Waals surface area (Å²) < 4.78 is 69.8. The largest absolute Gasteiger partial charge is 0.573 e. The molecule has 10 heteroatoms. The van der Waals surface area contributed by atoms with Gasteiger partial charge in [0, 0.05) is 6.07 Å². The van der Waals surface area contributed by atoms with Gasteiger partial charge in [-0.05, 0) is 0 Å². The van der Waals surface area contributed by atoms with Crippen molar-refractivity contribution < 1.29 is 41.3 Å². The molecule has 0 fully saturated rings. The van der Waals surface area contributed by atoms with Crippen molar-refractivity contribution in [2.24, 2.45) is 0 Å². The second-order valence-electron chi connectivity index (χ2n) is 3.44. The third-order valence-electron chi connectivity index (χ3n) is 2.03. The molecule has 0 saturated heterocycles. The van der Waals surface area contributed by atoms with E-state index < -0.39 is 48.1 Å². The molecule has 1 heterocycles. The van der Waals surface area contributed by atoms with Crippen molar-refractivity contribution in [2.45, 2.75) is 19.2 Å². The van der Waals surface area contributed by atoms with Crippen molar-refractivity contribution in [1.82, 2.24) is 4.98 Å². The topological polar surface area (TPSA) is 68.7 Å². The highest BCUT2D eigenvalue weighted by molar-refractivity contribution is 5.70. The van der Waals surface area contributed by atoms with E-state index in [0.717, 1.165) is 7.11 Å². The van der Waals surface area contributed by atoms with Gasteiger partial charge in [0.1, 0.15) is 11.4 Å². The maximum atomic E-state index is 12.6. The molecule has 5 nitrogen and oxygen atoms in total. The number of pyridine rings is 1. The van der Waals surface area contributed by atoms with Crippen molar-refractivity contribution in [1.29, 1.82) is 0 Å². The monoisotopic (exact) mass is 301 g/mol. The molecule has 1 aromatic heterocycles. The van der Waals surface area contributed by atoms with E-state index in [1.807, 2.05) is 0 Å². The summed E-state index contributed by atoms with van der Waals surface area (Å²) in [4.78, 5) is 13.7. The molecule has 0 aliphatic rings. The number of carbonyl (C=O) groups is 1. The number of hydrogen-bond acceptors (Lipinski definition) is 4. The van der Waals surface area contributed by atoms with Crippen LogP contribution in [0.25, 0.3) is 0 Å². The fourth-order valence-corrected chi connectivity index (χ4v) is 1.33. The minimum absolute atomic E-state index is 0.528. The first-order valence-corrected chi connectivity index (χ1v) is 4.97. The number of ether oxygens (including phenoxy) is 2. The number of alkyl halides is 5. The van der Waals surface area contributed by atoms with Gasteiger partial charge in [-0.25, -0.2) is 13.8 Å². The third-order valence-corrected chi connectivity index (χ3v) is 2.03. The zero-order valence-electron chi connectivity index (χ0n) is 9.87. The number of halogens is 5. The van der Waals surface area contributed by atoms with Gasteiger partial charge in [-0.3, -0.25) is 4.79 Å². The molecule has 0 atom stereocenters. The normalized spacial score (nSPS) is 11.6. The van der Waals surface area contributed by atoms with E-state index in [0.29, 0.717) is 6.07 Å². The smallest absolute Gasteiger partial charge is 0.494 e. The molecule has 1 aromatic rings. The summed E-state index contributed by atoms with van der Waals surface area (Å²) in [6.07, 6.45) is -9.26. The molecular weight excluding hydrogens is 293 g/mol. The molecule has 0 amide bonds. The quantitative estimate of drug-likeness (QED) is 0.846. The minimum Gasteiger partial charge on any atom is -0.494 e. The second kappa shape index (κ2) is 5.88. The maximum absolute atomic E-state index is 12.6. The predicted molar refractivity (Wildman–Crippen MR) is 53.8 cm³/mol. The summed E-state index contributed by atoms with van der Waals surface area (Å²) in [5.41, 5.74) is -1.73. The molecule has 0 radical (unpaired) electrons. The van der Waals surface area contributed by atoms with Gasteiger partial charge in [0.25, 0.3) is 6.43 Å². The van der Waals surface area contributed by atoms with Gasteiger partial charge in [0.2, 0.25) is 0 Å². The summed E-state index contributed by atoms with van der Waals surface area (Å²) in [6.45, 7) is 0.